The number of rotatable bonds is 4. The van der Waals surface area contributed by atoms with E-state index in [0.717, 1.165) is 0 Å². The molecule has 0 aliphatic carbocycles. The van der Waals surface area contributed by atoms with Crippen LogP contribution < -0.4 is 15.7 Å². The summed E-state index contributed by atoms with van der Waals surface area (Å²) in [7, 11) is 0. The van der Waals surface area contributed by atoms with Crippen molar-refractivity contribution in [2.45, 2.75) is 12.8 Å². The van der Waals surface area contributed by atoms with Gasteiger partial charge in [-0.2, -0.15) is 0 Å². The minimum atomic E-state index is -1.50. The zero-order chi connectivity index (χ0) is 9.84. The Hall–Kier alpha value is -1.63. The van der Waals surface area contributed by atoms with Gasteiger partial charge in [-0.25, -0.2) is 0 Å². The Kier molecular flexibility index (Phi) is 2.80. The van der Waals surface area contributed by atoms with Crippen LogP contribution in [-0.4, -0.2) is 17.7 Å². The lowest BCUT2D eigenvalue weighted by molar-refractivity contribution is -0.808. The Balaban J connectivity index is 2.88. The van der Waals surface area contributed by atoms with Crippen LogP contribution in [-0.2, 0) is 6.42 Å². The molecule has 0 unspecified atom stereocenters. The standard InChI is InChI=1S/C6H9N3O4/c7-3-1-2-4-5(6(10)11)8-13-9(4)12/h1-3,7H2,(H,10,11). The normalized spacial score (nSPS) is 10.2. The predicted molar refractivity (Wildman–Crippen MR) is 35.9 cm³/mol. The van der Waals surface area contributed by atoms with E-state index in [0.29, 0.717) is 13.0 Å². The Morgan fingerprint density at radius 3 is 2.92 bits per heavy atom. The lowest BCUT2D eigenvalue weighted by Crippen LogP contribution is -2.50. The number of carbonyl (C=O) groups excluding carboxylic acids is 1. The summed E-state index contributed by atoms with van der Waals surface area (Å²) in [5.74, 6) is -1.50. The summed E-state index contributed by atoms with van der Waals surface area (Å²) in [4.78, 5) is 10.5. The van der Waals surface area contributed by atoms with E-state index < -0.39 is 11.7 Å². The van der Waals surface area contributed by atoms with Crippen LogP contribution in [0, 0.1) is 5.21 Å². The van der Waals surface area contributed by atoms with Crippen molar-refractivity contribution in [3.63, 3.8) is 0 Å². The summed E-state index contributed by atoms with van der Waals surface area (Å²) >= 11 is 0. The van der Waals surface area contributed by atoms with Gasteiger partial charge in [0.1, 0.15) is 5.97 Å². The number of hydrogen-bond acceptors (Lipinski definition) is 5. The van der Waals surface area contributed by atoms with Gasteiger partial charge in [0.25, 0.3) is 5.69 Å². The molecule has 3 N–H and O–H groups in total. The van der Waals surface area contributed by atoms with Gasteiger partial charge in [0.2, 0.25) is 5.69 Å². The second kappa shape index (κ2) is 3.85. The average Bonchev–Trinajstić information content (AvgIpc) is 2.43. The first-order chi connectivity index (χ1) is 6.16. The highest BCUT2D eigenvalue weighted by Crippen LogP contribution is 2.01. The van der Waals surface area contributed by atoms with Crippen LogP contribution in [0.25, 0.3) is 0 Å². The summed E-state index contributed by atoms with van der Waals surface area (Å²) in [5, 5.41) is 24.3. The number of carboxylic acids is 1. The van der Waals surface area contributed by atoms with E-state index in [1.807, 2.05) is 0 Å². The van der Waals surface area contributed by atoms with Gasteiger partial charge >= 0.3 is 0 Å². The smallest absolute Gasteiger partial charge is 0.266 e. The van der Waals surface area contributed by atoms with Crippen molar-refractivity contribution in [3.8, 4) is 0 Å². The Labute approximate surface area is 73.3 Å². The number of nitrogens with zero attached hydrogens (tertiary/aromatic N) is 2. The molecule has 0 radical (unpaired) electrons. The highest BCUT2D eigenvalue weighted by atomic mass is 16.8. The first kappa shape index (κ1) is 9.46. The highest BCUT2D eigenvalue weighted by molar-refractivity contribution is 5.83. The molecule has 1 aromatic rings. The van der Waals surface area contributed by atoms with Crippen LogP contribution in [0.3, 0.4) is 0 Å². The largest absolute Gasteiger partial charge is 0.541 e. The van der Waals surface area contributed by atoms with Crippen molar-refractivity contribution in [2.75, 3.05) is 6.54 Å². The summed E-state index contributed by atoms with van der Waals surface area (Å²) in [5.41, 5.74) is 3.13. The lowest BCUT2D eigenvalue weighted by Gasteiger charge is -1.96. The van der Waals surface area contributed by atoms with Gasteiger partial charge in [0.05, 0.1) is 6.54 Å². The Bertz CT molecular complexity index is 309. The van der Waals surface area contributed by atoms with E-state index in [-0.39, 0.29) is 17.0 Å². The predicted octanol–water partition coefficient (Wildman–Crippen LogP) is -3.15. The molecule has 7 heteroatoms. The second-order valence-electron chi connectivity index (χ2n) is 2.47. The van der Waals surface area contributed by atoms with Gasteiger partial charge in [0.15, 0.2) is 0 Å². The van der Waals surface area contributed by atoms with E-state index in [9.17, 15) is 15.1 Å². The highest BCUT2D eigenvalue weighted by Gasteiger charge is 2.19. The van der Waals surface area contributed by atoms with Gasteiger partial charge in [-0.3, -0.25) is 4.63 Å². The van der Waals surface area contributed by atoms with E-state index in [1.165, 1.54) is 0 Å². The molecule has 1 aromatic heterocycles. The summed E-state index contributed by atoms with van der Waals surface area (Å²) in [6.07, 6.45) is 0.879. The maximum absolute atomic E-state index is 10.8. The average molecular weight is 187 g/mol. The maximum atomic E-state index is 10.8. The van der Waals surface area contributed by atoms with Gasteiger partial charge in [-0.15, -0.1) is 0 Å². The topological polar surface area (TPSA) is 121 Å². The van der Waals surface area contributed by atoms with E-state index >= 15 is 0 Å². The molecule has 13 heavy (non-hydrogen) atoms. The molecule has 0 spiro atoms. The summed E-state index contributed by atoms with van der Waals surface area (Å²) in [6.45, 7) is 0.609. The molecule has 0 fully saturated rings. The van der Waals surface area contributed by atoms with Gasteiger partial charge < -0.3 is 20.8 Å². The van der Waals surface area contributed by atoms with Gasteiger partial charge in [0, 0.05) is 18.0 Å². The third kappa shape index (κ3) is 1.94. The molecule has 72 valence electrons. The third-order valence-electron chi connectivity index (χ3n) is 1.56. The Morgan fingerprint density at radius 1 is 1.69 bits per heavy atom. The minimum absolute atomic E-state index is 0.0105. The van der Waals surface area contributed by atoms with Crippen molar-refractivity contribution in [1.29, 1.82) is 0 Å². The van der Waals surface area contributed by atoms with Crippen LogP contribution in [0.4, 0.5) is 0 Å². The fourth-order valence-corrected chi connectivity index (χ4v) is 0.924. The number of carboxylic acid groups (broad SMARTS) is 1. The molecular weight excluding hydrogens is 178 g/mol. The monoisotopic (exact) mass is 187 g/mol. The van der Waals surface area contributed by atoms with Crippen LogP contribution in [0.1, 0.15) is 22.6 Å². The van der Waals surface area contributed by atoms with Crippen LogP contribution >= 0.6 is 0 Å². The molecule has 0 aliphatic rings. The summed E-state index contributed by atoms with van der Waals surface area (Å²) < 4.78 is 4.12. The fraction of sp³-hybridized carbons (Fsp3) is 0.500. The van der Waals surface area contributed by atoms with Gasteiger partial charge in [-0.1, -0.05) is 0 Å². The van der Waals surface area contributed by atoms with Gasteiger partial charge in [-0.05, 0) is 4.90 Å². The summed E-state index contributed by atoms with van der Waals surface area (Å²) in [6, 6.07) is 0. The van der Waals surface area contributed by atoms with Crippen molar-refractivity contribution in [2.24, 2.45) is 0 Å². The van der Waals surface area contributed by atoms with E-state index in [4.69, 9.17) is 0 Å². The zero-order valence-electron chi connectivity index (χ0n) is 6.86. The molecule has 7 nitrogen and oxygen atoms in total. The molecule has 0 atom stereocenters. The van der Waals surface area contributed by atoms with E-state index in [2.05, 4.69) is 15.5 Å². The molecule has 0 aliphatic heterocycles. The van der Waals surface area contributed by atoms with Crippen molar-refractivity contribution >= 4 is 5.97 Å². The third-order valence-corrected chi connectivity index (χ3v) is 1.56. The van der Waals surface area contributed by atoms with E-state index in [1.54, 1.807) is 0 Å². The second-order valence-corrected chi connectivity index (χ2v) is 2.47. The van der Waals surface area contributed by atoms with Crippen LogP contribution in [0.2, 0.25) is 0 Å². The van der Waals surface area contributed by atoms with Crippen LogP contribution in [0.15, 0.2) is 4.63 Å². The zero-order valence-corrected chi connectivity index (χ0v) is 6.86. The molecule has 0 aromatic carbocycles. The first-order valence-corrected chi connectivity index (χ1v) is 3.76. The van der Waals surface area contributed by atoms with Crippen molar-refractivity contribution in [1.82, 2.24) is 5.16 Å². The molecular formula is C6H9N3O4. The Morgan fingerprint density at radius 2 is 2.38 bits per heavy atom. The number of aromatic nitrogens is 2. The number of quaternary nitrogens is 1. The van der Waals surface area contributed by atoms with Crippen molar-refractivity contribution in [3.05, 3.63) is 16.6 Å². The molecule has 0 amide bonds. The fourth-order valence-electron chi connectivity index (χ4n) is 0.924. The van der Waals surface area contributed by atoms with Crippen LogP contribution in [0.5, 0.6) is 0 Å². The molecule has 0 saturated carbocycles. The maximum Gasteiger partial charge on any atom is 0.266 e. The number of hydrogen-bond donors (Lipinski definition) is 1. The minimum Gasteiger partial charge on any atom is -0.541 e. The molecule has 1 heterocycles. The molecule has 1 rings (SSSR count). The van der Waals surface area contributed by atoms with Crippen molar-refractivity contribution < 1.29 is 25.2 Å². The molecule has 0 saturated heterocycles. The number of aromatic carboxylic acids is 1. The number of carbonyl (C=O) groups is 1. The molecule has 0 bridgehead atoms. The lowest BCUT2D eigenvalue weighted by atomic mass is 10.2. The SMILES string of the molecule is [NH3+]CCCc1c(C(=O)[O-])no[n+]1[O-]. The first-order valence-electron chi connectivity index (χ1n) is 3.76. The quantitative estimate of drug-likeness (QED) is 0.499.